The number of carboxylic acids is 1. The molecule has 0 rings (SSSR count). The molecule has 0 heterocycles. The average Bonchev–Trinajstić information content (AvgIpc) is 2.71. The first-order chi connectivity index (χ1) is 15.7. The fraction of sp³-hybridized carbons (Fsp3) is 0.857. The summed E-state index contributed by atoms with van der Waals surface area (Å²) in [6.07, 6.45) is 0.216. The van der Waals surface area contributed by atoms with Crippen LogP contribution in [0.5, 0.6) is 0 Å². The number of nitrogens with one attached hydrogen (secondary N) is 1. The summed E-state index contributed by atoms with van der Waals surface area (Å²) in [5, 5.41) is 10.9. The first kappa shape index (κ1) is 31.2. The summed E-state index contributed by atoms with van der Waals surface area (Å²) < 4.78 is 36.5. The zero-order valence-corrected chi connectivity index (χ0v) is 19.9. The van der Waals surface area contributed by atoms with Crippen molar-refractivity contribution in [2.24, 2.45) is 0 Å². The van der Waals surface area contributed by atoms with Gasteiger partial charge in [0.25, 0.3) is 0 Å². The minimum Gasteiger partial charge on any atom is -0.480 e. The van der Waals surface area contributed by atoms with Crippen molar-refractivity contribution in [3.63, 3.8) is 0 Å². The lowest BCUT2D eigenvalue weighted by Gasteiger charge is -2.19. The van der Waals surface area contributed by atoms with E-state index in [0.717, 1.165) is 0 Å². The third kappa shape index (κ3) is 26.3. The number of ether oxygens (including phenoxy) is 7. The van der Waals surface area contributed by atoms with Crippen molar-refractivity contribution in [2.75, 3.05) is 85.8 Å². The Bertz CT molecular complexity index is 523. The molecule has 0 saturated carbocycles. The van der Waals surface area contributed by atoms with Gasteiger partial charge in [-0.1, -0.05) is 0 Å². The summed E-state index contributed by atoms with van der Waals surface area (Å²) in [5.74, 6) is -1.81. The second-order valence-electron chi connectivity index (χ2n) is 7.63. The Morgan fingerprint density at radius 1 is 0.667 bits per heavy atom. The van der Waals surface area contributed by atoms with E-state index in [4.69, 9.17) is 33.5 Å². The highest BCUT2D eigenvalue weighted by atomic mass is 16.6. The molecule has 0 aromatic heterocycles. The smallest absolute Gasteiger partial charge is 0.329 e. The van der Waals surface area contributed by atoms with E-state index in [1.807, 2.05) is 20.8 Å². The maximum atomic E-state index is 11.5. The molecule has 0 saturated heterocycles. The van der Waals surface area contributed by atoms with Crippen molar-refractivity contribution in [2.45, 2.75) is 32.8 Å². The van der Waals surface area contributed by atoms with E-state index in [2.05, 4.69) is 10.1 Å². The van der Waals surface area contributed by atoms with Crippen LogP contribution in [0.3, 0.4) is 0 Å². The average molecular weight is 482 g/mol. The van der Waals surface area contributed by atoms with Crippen LogP contribution in [0.25, 0.3) is 0 Å². The van der Waals surface area contributed by atoms with Gasteiger partial charge < -0.3 is 43.6 Å². The molecule has 0 spiro atoms. The Morgan fingerprint density at radius 2 is 1.12 bits per heavy atom. The maximum absolute atomic E-state index is 11.5. The molecule has 12 nitrogen and oxygen atoms in total. The molecule has 0 atom stereocenters. The molecule has 0 unspecified atom stereocenters. The van der Waals surface area contributed by atoms with E-state index in [0.29, 0.717) is 72.6 Å². The van der Waals surface area contributed by atoms with E-state index in [-0.39, 0.29) is 19.0 Å². The van der Waals surface area contributed by atoms with Crippen LogP contribution in [0.4, 0.5) is 0 Å². The highest BCUT2D eigenvalue weighted by Gasteiger charge is 2.15. The quantitative estimate of drug-likeness (QED) is 0.159. The molecule has 0 radical (unpaired) electrons. The van der Waals surface area contributed by atoms with Gasteiger partial charge in [0.05, 0.1) is 72.5 Å². The van der Waals surface area contributed by atoms with E-state index >= 15 is 0 Å². The second-order valence-corrected chi connectivity index (χ2v) is 7.63. The van der Waals surface area contributed by atoms with Gasteiger partial charge in [-0.2, -0.15) is 0 Å². The topological polar surface area (TPSA) is 148 Å². The van der Waals surface area contributed by atoms with Gasteiger partial charge in [-0.05, 0) is 20.8 Å². The lowest BCUT2D eigenvalue weighted by molar-refractivity contribution is -0.156. The summed E-state index contributed by atoms with van der Waals surface area (Å²) in [6, 6.07) is 0. The van der Waals surface area contributed by atoms with Gasteiger partial charge in [0.15, 0.2) is 0 Å². The van der Waals surface area contributed by atoms with Crippen molar-refractivity contribution in [1.29, 1.82) is 0 Å². The van der Waals surface area contributed by atoms with Crippen LogP contribution in [-0.4, -0.2) is 114 Å². The predicted octanol–water partition coefficient (Wildman–Crippen LogP) is 0.0186. The molecule has 0 fully saturated rings. The summed E-state index contributed by atoms with van der Waals surface area (Å²) in [4.78, 5) is 33.0. The maximum Gasteiger partial charge on any atom is 0.329 e. The van der Waals surface area contributed by atoms with Gasteiger partial charge in [0.1, 0.15) is 18.8 Å². The predicted molar refractivity (Wildman–Crippen MR) is 116 cm³/mol. The van der Waals surface area contributed by atoms with Crippen molar-refractivity contribution in [3.8, 4) is 0 Å². The number of rotatable bonds is 22. The number of carboxylic acid groups (broad SMARTS) is 1. The Kier molecular flexibility index (Phi) is 19.6. The summed E-state index contributed by atoms with van der Waals surface area (Å²) in [7, 11) is 0. The lowest BCUT2D eigenvalue weighted by atomic mass is 10.2. The number of hydrogen-bond acceptors (Lipinski definition) is 10. The van der Waals surface area contributed by atoms with Crippen LogP contribution in [0.1, 0.15) is 27.2 Å². The minimum absolute atomic E-state index is 0.216. The molecule has 0 aromatic carbocycles. The van der Waals surface area contributed by atoms with Crippen LogP contribution in [-0.2, 0) is 47.5 Å². The molecule has 33 heavy (non-hydrogen) atoms. The second kappa shape index (κ2) is 20.8. The third-order valence-electron chi connectivity index (χ3n) is 3.39. The first-order valence-corrected chi connectivity index (χ1v) is 10.9. The van der Waals surface area contributed by atoms with Gasteiger partial charge in [-0.15, -0.1) is 0 Å². The molecule has 0 aliphatic carbocycles. The Hall–Kier alpha value is -1.83. The molecule has 0 aliphatic heterocycles. The minimum atomic E-state index is -1.12. The van der Waals surface area contributed by atoms with Gasteiger partial charge in [0, 0.05) is 6.54 Å². The monoisotopic (exact) mass is 481 g/mol. The van der Waals surface area contributed by atoms with Gasteiger partial charge >= 0.3 is 11.9 Å². The number of hydrogen-bond donors (Lipinski definition) is 2. The fourth-order valence-electron chi connectivity index (χ4n) is 2.07. The first-order valence-electron chi connectivity index (χ1n) is 10.9. The van der Waals surface area contributed by atoms with Crippen molar-refractivity contribution in [1.82, 2.24) is 5.32 Å². The Labute approximate surface area is 195 Å². The Balaban J connectivity index is 3.21. The molecule has 12 heteroatoms. The number of aliphatic carboxylic acids is 1. The third-order valence-corrected chi connectivity index (χ3v) is 3.39. The van der Waals surface area contributed by atoms with E-state index in [9.17, 15) is 14.4 Å². The summed E-state index contributed by atoms with van der Waals surface area (Å²) >= 11 is 0. The number of carbonyl (C=O) groups is 3. The van der Waals surface area contributed by atoms with E-state index in [1.165, 1.54) is 0 Å². The van der Waals surface area contributed by atoms with Crippen LogP contribution in [0.15, 0.2) is 0 Å². The molecule has 1 amide bonds. The van der Waals surface area contributed by atoms with E-state index in [1.54, 1.807) is 0 Å². The normalized spacial score (nSPS) is 11.4. The lowest BCUT2D eigenvalue weighted by Crippen LogP contribution is -2.31. The molecule has 194 valence electrons. The number of amides is 1. The zero-order chi connectivity index (χ0) is 24.8. The van der Waals surface area contributed by atoms with Crippen LogP contribution in [0.2, 0.25) is 0 Å². The van der Waals surface area contributed by atoms with Crippen molar-refractivity contribution in [3.05, 3.63) is 0 Å². The number of carbonyl (C=O) groups excluding carboxylic acids is 2. The van der Waals surface area contributed by atoms with E-state index < -0.39 is 24.1 Å². The van der Waals surface area contributed by atoms with Crippen LogP contribution >= 0.6 is 0 Å². The standard InChI is InChI=1S/C21H39NO11/c1-21(2,3)33-20(26)4-6-27-8-10-29-12-14-31-15-13-30-11-9-28-7-5-22-18(23)16-32-17-19(24)25/h4-17H2,1-3H3,(H,22,23)(H,24,25). The Morgan fingerprint density at radius 3 is 1.58 bits per heavy atom. The van der Waals surface area contributed by atoms with Crippen LogP contribution in [0, 0.1) is 0 Å². The van der Waals surface area contributed by atoms with Crippen molar-refractivity contribution < 1.29 is 52.6 Å². The largest absolute Gasteiger partial charge is 0.480 e. The molecule has 0 aliphatic rings. The summed E-state index contributed by atoms with van der Waals surface area (Å²) in [6.45, 7) is 8.89. The van der Waals surface area contributed by atoms with Gasteiger partial charge in [0.2, 0.25) is 5.91 Å². The molecule has 2 N–H and O–H groups in total. The molecule has 0 aromatic rings. The molecule has 0 bridgehead atoms. The molecular formula is C21H39NO11. The fourth-order valence-corrected chi connectivity index (χ4v) is 2.07. The summed E-state index contributed by atoms with van der Waals surface area (Å²) in [5.41, 5.74) is -0.483. The van der Waals surface area contributed by atoms with Gasteiger partial charge in [-0.3, -0.25) is 9.59 Å². The number of esters is 1. The molecular weight excluding hydrogens is 442 g/mol. The van der Waals surface area contributed by atoms with Crippen molar-refractivity contribution >= 4 is 17.8 Å². The SMILES string of the molecule is CC(C)(C)OC(=O)CCOCCOCCOCCOCCOCCNC(=O)COCC(=O)O. The highest BCUT2D eigenvalue weighted by Crippen LogP contribution is 2.07. The highest BCUT2D eigenvalue weighted by molar-refractivity contribution is 5.77. The van der Waals surface area contributed by atoms with Crippen LogP contribution < -0.4 is 5.32 Å². The van der Waals surface area contributed by atoms with Gasteiger partial charge in [-0.25, -0.2) is 4.79 Å². The zero-order valence-electron chi connectivity index (χ0n) is 19.9.